The van der Waals surface area contributed by atoms with Crippen molar-refractivity contribution in [1.82, 2.24) is 19.9 Å². The van der Waals surface area contributed by atoms with Crippen molar-refractivity contribution in [3.8, 4) is 78.7 Å². The van der Waals surface area contributed by atoms with E-state index in [0.717, 1.165) is 72.8 Å². The van der Waals surface area contributed by atoms with Crippen molar-refractivity contribution in [3.05, 3.63) is 182 Å². The summed E-state index contributed by atoms with van der Waals surface area (Å²) in [5.41, 5.74) is 12.2. The van der Waals surface area contributed by atoms with Crippen LogP contribution in [0.5, 0.6) is 0 Å². The van der Waals surface area contributed by atoms with Crippen LogP contribution in [0.3, 0.4) is 0 Å². The van der Waals surface area contributed by atoms with Crippen LogP contribution in [0, 0.1) is 0 Å². The van der Waals surface area contributed by atoms with Gasteiger partial charge in [0.2, 0.25) is 0 Å². The van der Waals surface area contributed by atoms with Crippen LogP contribution in [0.25, 0.3) is 78.7 Å². The Balaban J connectivity index is 1.42. The van der Waals surface area contributed by atoms with Crippen LogP contribution in [0.15, 0.2) is 182 Å². The Labute approximate surface area is 280 Å². The van der Waals surface area contributed by atoms with Crippen molar-refractivity contribution in [2.24, 2.45) is 0 Å². The Morgan fingerprint density at radius 3 is 1.25 bits per heavy atom. The van der Waals surface area contributed by atoms with Crippen LogP contribution in [0.2, 0.25) is 0 Å². The summed E-state index contributed by atoms with van der Waals surface area (Å²) in [6.07, 6.45) is 3.77. The van der Waals surface area contributed by atoms with Crippen LogP contribution in [0.1, 0.15) is 0 Å². The molecule has 0 atom stereocenters. The van der Waals surface area contributed by atoms with Gasteiger partial charge in [-0.1, -0.05) is 170 Å². The number of nitrogens with zero attached hydrogens (tertiary/aromatic N) is 4. The summed E-state index contributed by atoms with van der Waals surface area (Å²) >= 11 is 0. The minimum Gasteiger partial charge on any atom is -0.252 e. The molecule has 0 aliphatic carbocycles. The van der Waals surface area contributed by atoms with E-state index >= 15 is 0 Å². The average Bonchev–Trinajstić information content (AvgIpc) is 3.19. The maximum Gasteiger partial charge on any atom is 0.159 e. The second-order valence-electron chi connectivity index (χ2n) is 11.5. The smallest absolute Gasteiger partial charge is 0.159 e. The highest BCUT2D eigenvalue weighted by Crippen LogP contribution is 2.42. The second kappa shape index (κ2) is 13.1. The van der Waals surface area contributed by atoms with Crippen LogP contribution >= 0.6 is 0 Å². The van der Waals surface area contributed by atoms with Gasteiger partial charge in [0, 0.05) is 34.0 Å². The molecule has 226 valence electrons. The fraction of sp³-hybridized carbons (Fsp3) is 0. The molecule has 0 unspecified atom stereocenters. The first-order valence-electron chi connectivity index (χ1n) is 16.0. The Kier molecular flexibility index (Phi) is 7.87. The van der Waals surface area contributed by atoms with E-state index in [1.807, 2.05) is 73.1 Å². The number of hydrogen-bond donors (Lipinski definition) is 0. The Morgan fingerprint density at radius 2 is 0.708 bits per heavy atom. The molecule has 0 aliphatic heterocycles. The van der Waals surface area contributed by atoms with Crippen molar-refractivity contribution in [1.29, 1.82) is 0 Å². The van der Waals surface area contributed by atoms with Gasteiger partial charge >= 0.3 is 0 Å². The molecule has 8 aromatic rings. The molecule has 6 aromatic carbocycles. The van der Waals surface area contributed by atoms with Gasteiger partial charge in [0.05, 0.1) is 23.3 Å². The van der Waals surface area contributed by atoms with Gasteiger partial charge in [-0.3, -0.25) is 4.98 Å². The Bertz CT molecular complexity index is 2150. The van der Waals surface area contributed by atoms with Gasteiger partial charge in [-0.25, -0.2) is 15.0 Å². The fourth-order valence-corrected chi connectivity index (χ4v) is 6.13. The normalized spacial score (nSPS) is 10.9. The lowest BCUT2D eigenvalue weighted by Gasteiger charge is -2.18. The van der Waals surface area contributed by atoms with E-state index in [-0.39, 0.29) is 0 Å². The van der Waals surface area contributed by atoms with Gasteiger partial charge in [-0.15, -0.1) is 0 Å². The van der Waals surface area contributed by atoms with E-state index in [4.69, 9.17) is 19.9 Å². The molecular weight excluding hydrogens is 585 g/mol. The monoisotopic (exact) mass is 614 g/mol. The zero-order chi connectivity index (χ0) is 32.1. The summed E-state index contributed by atoms with van der Waals surface area (Å²) in [6.45, 7) is 0. The molecule has 0 saturated carbocycles. The van der Waals surface area contributed by atoms with Gasteiger partial charge in [0.1, 0.15) is 5.69 Å². The summed E-state index contributed by atoms with van der Waals surface area (Å²) in [4.78, 5) is 20.8. The van der Waals surface area contributed by atoms with Gasteiger partial charge in [0.15, 0.2) is 5.82 Å². The lowest BCUT2D eigenvalue weighted by molar-refractivity contribution is 1.15. The zero-order valence-corrected chi connectivity index (χ0v) is 26.1. The third kappa shape index (κ3) is 5.68. The van der Waals surface area contributed by atoms with Gasteiger partial charge in [-0.2, -0.15) is 0 Å². The van der Waals surface area contributed by atoms with Crippen molar-refractivity contribution < 1.29 is 0 Å². The third-order valence-corrected chi connectivity index (χ3v) is 8.45. The predicted molar refractivity (Wildman–Crippen MR) is 196 cm³/mol. The minimum atomic E-state index is 0.650. The van der Waals surface area contributed by atoms with E-state index < -0.39 is 0 Å². The summed E-state index contributed by atoms with van der Waals surface area (Å²) < 4.78 is 0. The molecule has 4 heteroatoms. The summed E-state index contributed by atoms with van der Waals surface area (Å²) in [5, 5.41) is 0. The highest BCUT2D eigenvalue weighted by atomic mass is 14.9. The molecule has 48 heavy (non-hydrogen) atoms. The molecular formula is C44H30N4. The molecule has 2 heterocycles. The highest BCUT2D eigenvalue weighted by molar-refractivity contribution is 5.95. The SMILES string of the molecule is c1ccc(-c2cnc(-c3cnc(-c4ccccc4)nc3-c3ccccc3-c3ccccc3)c(-c3ccccc3-c3ccccc3)n2)cc1. The summed E-state index contributed by atoms with van der Waals surface area (Å²) in [6, 6.07) is 58.0. The lowest BCUT2D eigenvalue weighted by atomic mass is 9.92. The third-order valence-electron chi connectivity index (χ3n) is 8.45. The van der Waals surface area contributed by atoms with Crippen LogP contribution in [-0.4, -0.2) is 19.9 Å². The lowest BCUT2D eigenvalue weighted by Crippen LogP contribution is -2.02. The van der Waals surface area contributed by atoms with E-state index in [2.05, 4.69) is 109 Å². The molecule has 0 spiro atoms. The predicted octanol–water partition coefficient (Wildman–Crippen LogP) is 10.9. The van der Waals surface area contributed by atoms with Crippen LogP contribution in [0.4, 0.5) is 0 Å². The molecule has 0 amide bonds. The van der Waals surface area contributed by atoms with Crippen molar-refractivity contribution in [3.63, 3.8) is 0 Å². The maximum atomic E-state index is 5.35. The first-order valence-corrected chi connectivity index (χ1v) is 16.0. The largest absolute Gasteiger partial charge is 0.252 e. The van der Waals surface area contributed by atoms with Gasteiger partial charge in [-0.05, 0) is 22.3 Å². The number of hydrogen-bond acceptors (Lipinski definition) is 4. The molecule has 0 saturated heterocycles. The summed E-state index contributed by atoms with van der Waals surface area (Å²) in [7, 11) is 0. The van der Waals surface area contributed by atoms with E-state index in [1.165, 1.54) is 0 Å². The number of aromatic nitrogens is 4. The molecule has 4 nitrogen and oxygen atoms in total. The maximum absolute atomic E-state index is 5.35. The minimum absolute atomic E-state index is 0.650. The first-order chi connectivity index (χ1) is 23.8. The molecule has 0 aliphatic rings. The molecule has 2 aromatic heterocycles. The summed E-state index contributed by atoms with van der Waals surface area (Å²) in [5.74, 6) is 0.650. The average molecular weight is 615 g/mol. The quantitative estimate of drug-likeness (QED) is 0.179. The van der Waals surface area contributed by atoms with Gasteiger partial charge < -0.3 is 0 Å². The van der Waals surface area contributed by atoms with E-state index in [0.29, 0.717) is 5.82 Å². The Morgan fingerprint density at radius 1 is 0.271 bits per heavy atom. The topological polar surface area (TPSA) is 51.6 Å². The van der Waals surface area contributed by atoms with E-state index in [9.17, 15) is 0 Å². The van der Waals surface area contributed by atoms with Crippen molar-refractivity contribution in [2.75, 3.05) is 0 Å². The molecule has 0 radical (unpaired) electrons. The van der Waals surface area contributed by atoms with E-state index in [1.54, 1.807) is 0 Å². The van der Waals surface area contributed by atoms with Crippen LogP contribution in [-0.2, 0) is 0 Å². The molecule has 0 N–H and O–H groups in total. The molecule has 8 rings (SSSR count). The molecule has 0 fully saturated rings. The van der Waals surface area contributed by atoms with Crippen molar-refractivity contribution in [2.45, 2.75) is 0 Å². The fourth-order valence-electron chi connectivity index (χ4n) is 6.13. The molecule has 0 bridgehead atoms. The Hall–Kier alpha value is -6.52. The van der Waals surface area contributed by atoms with Crippen molar-refractivity contribution >= 4 is 0 Å². The van der Waals surface area contributed by atoms with Gasteiger partial charge in [0.25, 0.3) is 0 Å². The number of benzene rings is 6. The highest BCUT2D eigenvalue weighted by Gasteiger charge is 2.23. The number of rotatable bonds is 7. The van der Waals surface area contributed by atoms with Crippen LogP contribution < -0.4 is 0 Å². The standard InChI is InChI=1S/C44H30N4/c1-5-17-31(18-6-1)35-25-13-15-27-37(35)41-39(29-46-44(48-41)34-23-11-4-12-24-34)42-43(47-40(30-45-42)33-21-9-3-10-22-33)38-28-16-14-26-36(38)32-19-7-2-8-20-32/h1-30H. The first kappa shape index (κ1) is 28.9. The zero-order valence-electron chi connectivity index (χ0n) is 26.1. The second-order valence-corrected chi connectivity index (χ2v) is 11.5.